The molecule has 4 nitrogen and oxygen atoms in total. The lowest BCUT2D eigenvalue weighted by Gasteiger charge is -2.13. The van der Waals surface area contributed by atoms with E-state index in [0.717, 1.165) is 12.0 Å². The van der Waals surface area contributed by atoms with Crippen LogP contribution in [0.3, 0.4) is 0 Å². The van der Waals surface area contributed by atoms with Crippen molar-refractivity contribution in [3.63, 3.8) is 0 Å². The summed E-state index contributed by atoms with van der Waals surface area (Å²) in [5.74, 6) is 1.70. The third kappa shape index (κ3) is 4.16. The molecular weight excluding hydrogens is 242 g/mol. The first kappa shape index (κ1) is 15.3. The number of carbonyl (C=O) groups is 1. The van der Waals surface area contributed by atoms with Crippen molar-refractivity contribution in [2.75, 3.05) is 20.8 Å². The van der Waals surface area contributed by atoms with Gasteiger partial charge in [0, 0.05) is 6.54 Å². The maximum absolute atomic E-state index is 12.1. The van der Waals surface area contributed by atoms with E-state index in [9.17, 15) is 4.79 Å². The molecule has 0 unspecified atom stereocenters. The van der Waals surface area contributed by atoms with Crippen molar-refractivity contribution >= 4 is 5.91 Å². The Kier molecular flexibility index (Phi) is 5.67. The highest BCUT2D eigenvalue weighted by molar-refractivity contribution is 5.97. The molecule has 0 atom stereocenters. The number of carbonyl (C=O) groups excluding carboxylic acids is 1. The average Bonchev–Trinajstić information content (AvgIpc) is 2.37. The van der Waals surface area contributed by atoms with Crippen LogP contribution in [0.2, 0.25) is 0 Å². The predicted molar refractivity (Wildman–Crippen MR) is 76.1 cm³/mol. The fourth-order valence-corrected chi connectivity index (χ4v) is 1.80. The molecule has 0 bridgehead atoms. The second kappa shape index (κ2) is 7.02. The minimum Gasteiger partial charge on any atom is -0.496 e. The van der Waals surface area contributed by atoms with Gasteiger partial charge in [-0.1, -0.05) is 13.8 Å². The van der Waals surface area contributed by atoms with Crippen molar-refractivity contribution in [2.45, 2.75) is 27.2 Å². The molecule has 0 radical (unpaired) electrons. The second-order valence-corrected chi connectivity index (χ2v) is 4.96. The van der Waals surface area contributed by atoms with E-state index in [2.05, 4.69) is 19.2 Å². The summed E-state index contributed by atoms with van der Waals surface area (Å²) in [5.41, 5.74) is 1.45. The minimum atomic E-state index is -0.129. The molecule has 0 fully saturated rings. The molecular formula is C15H23NO3. The Bertz CT molecular complexity index is 441. The molecule has 1 rings (SSSR count). The molecule has 0 heterocycles. The summed E-state index contributed by atoms with van der Waals surface area (Å²) < 4.78 is 10.5. The Hall–Kier alpha value is -1.71. The lowest BCUT2D eigenvalue weighted by Crippen LogP contribution is -2.25. The Labute approximate surface area is 115 Å². The Balaban J connectivity index is 2.88. The minimum absolute atomic E-state index is 0.129. The van der Waals surface area contributed by atoms with Gasteiger partial charge < -0.3 is 14.8 Å². The van der Waals surface area contributed by atoms with Gasteiger partial charge in [0.25, 0.3) is 5.91 Å². The summed E-state index contributed by atoms with van der Waals surface area (Å²) in [6, 6.07) is 3.54. The van der Waals surface area contributed by atoms with E-state index in [-0.39, 0.29) is 5.91 Å². The van der Waals surface area contributed by atoms with Gasteiger partial charge in [-0.2, -0.15) is 0 Å². The van der Waals surface area contributed by atoms with E-state index in [4.69, 9.17) is 9.47 Å². The number of hydrogen-bond donors (Lipinski definition) is 1. The summed E-state index contributed by atoms with van der Waals surface area (Å²) in [6.45, 7) is 6.83. The molecule has 0 aromatic heterocycles. The largest absolute Gasteiger partial charge is 0.496 e. The molecule has 19 heavy (non-hydrogen) atoms. The zero-order valence-corrected chi connectivity index (χ0v) is 12.4. The zero-order chi connectivity index (χ0) is 14.4. The lowest BCUT2D eigenvalue weighted by molar-refractivity contribution is 0.0948. The van der Waals surface area contributed by atoms with Crippen LogP contribution in [0.4, 0.5) is 0 Å². The van der Waals surface area contributed by atoms with Crippen molar-refractivity contribution in [1.82, 2.24) is 5.32 Å². The standard InChI is InChI=1S/C15H23NO3/c1-10(2)6-7-16-15(17)12-9-13(18-4)11(3)8-14(12)19-5/h8-10H,6-7H2,1-5H3,(H,16,17). The van der Waals surface area contributed by atoms with Gasteiger partial charge in [-0.05, 0) is 37.0 Å². The number of aryl methyl sites for hydroxylation is 1. The number of methoxy groups -OCH3 is 2. The van der Waals surface area contributed by atoms with Gasteiger partial charge in [-0.25, -0.2) is 0 Å². The van der Waals surface area contributed by atoms with Gasteiger partial charge in [0.1, 0.15) is 11.5 Å². The van der Waals surface area contributed by atoms with Crippen LogP contribution in [0.1, 0.15) is 36.2 Å². The second-order valence-electron chi connectivity index (χ2n) is 4.96. The Morgan fingerprint density at radius 1 is 1.21 bits per heavy atom. The van der Waals surface area contributed by atoms with Crippen molar-refractivity contribution in [3.8, 4) is 11.5 Å². The molecule has 1 aromatic carbocycles. The number of nitrogens with one attached hydrogen (secondary N) is 1. The SMILES string of the molecule is COc1cc(C(=O)NCCC(C)C)c(OC)cc1C. The number of amides is 1. The summed E-state index contributed by atoms with van der Waals surface area (Å²) in [7, 11) is 3.15. The number of hydrogen-bond acceptors (Lipinski definition) is 3. The third-order valence-corrected chi connectivity index (χ3v) is 2.97. The summed E-state index contributed by atoms with van der Waals surface area (Å²) >= 11 is 0. The Morgan fingerprint density at radius 3 is 2.37 bits per heavy atom. The van der Waals surface area contributed by atoms with Crippen LogP contribution >= 0.6 is 0 Å². The highest BCUT2D eigenvalue weighted by atomic mass is 16.5. The van der Waals surface area contributed by atoms with Gasteiger partial charge >= 0.3 is 0 Å². The molecule has 0 saturated heterocycles. The average molecular weight is 265 g/mol. The highest BCUT2D eigenvalue weighted by Gasteiger charge is 2.15. The molecule has 106 valence electrons. The van der Waals surface area contributed by atoms with Crippen LogP contribution in [-0.2, 0) is 0 Å². The summed E-state index contributed by atoms with van der Waals surface area (Å²) in [4.78, 5) is 12.1. The monoisotopic (exact) mass is 265 g/mol. The first-order valence-electron chi connectivity index (χ1n) is 6.50. The van der Waals surface area contributed by atoms with Gasteiger partial charge in [0.2, 0.25) is 0 Å². The van der Waals surface area contributed by atoms with Crippen LogP contribution in [0.25, 0.3) is 0 Å². The predicted octanol–water partition coefficient (Wildman–Crippen LogP) is 2.79. The van der Waals surface area contributed by atoms with Crippen molar-refractivity contribution in [2.24, 2.45) is 5.92 Å². The van der Waals surface area contributed by atoms with Crippen molar-refractivity contribution < 1.29 is 14.3 Å². The van der Waals surface area contributed by atoms with Gasteiger partial charge in [-0.3, -0.25) is 4.79 Å². The van der Waals surface area contributed by atoms with Crippen molar-refractivity contribution in [3.05, 3.63) is 23.3 Å². The molecule has 4 heteroatoms. The van der Waals surface area contributed by atoms with Crippen LogP contribution in [-0.4, -0.2) is 26.7 Å². The molecule has 0 aliphatic heterocycles. The first-order chi connectivity index (χ1) is 8.99. The van der Waals surface area contributed by atoms with E-state index < -0.39 is 0 Å². The number of rotatable bonds is 6. The van der Waals surface area contributed by atoms with Crippen LogP contribution in [0.5, 0.6) is 11.5 Å². The fourth-order valence-electron chi connectivity index (χ4n) is 1.80. The lowest BCUT2D eigenvalue weighted by atomic mass is 10.1. The first-order valence-corrected chi connectivity index (χ1v) is 6.50. The van der Waals surface area contributed by atoms with Crippen LogP contribution in [0.15, 0.2) is 12.1 Å². The summed E-state index contributed by atoms with van der Waals surface area (Å²) in [6.07, 6.45) is 0.955. The maximum Gasteiger partial charge on any atom is 0.255 e. The number of ether oxygens (including phenoxy) is 2. The topological polar surface area (TPSA) is 47.6 Å². The van der Waals surface area contributed by atoms with E-state index in [0.29, 0.717) is 29.5 Å². The van der Waals surface area contributed by atoms with Crippen molar-refractivity contribution in [1.29, 1.82) is 0 Å². The number of benzene rings is 1. The molecule has 0 aliphatic carbocycles. The molecule has 1 amide bonds. The quantitative estimate of drug-likeness (QED) is 0.860. The summed E-state index contributed by atoms with van der Waals surface area (Å²) in [5, 5.41) is 2.90. The van der Waals surface area contributed by atoms with E-state index >= 15 is 0 Å². The van der Waals surface area contributed by atoms with E-state index in [1.54, 1.807) is 20.3 Å². The van der Waals surface area contributed by atoms with Crippen LogP contribution < -0.4 is 14.8 Å². The van der Waals surface area contributed by atoms with Gasteiger partial charge in [-0.15, -0.1) is 0 Å². The molecule has 0 saturated carbocycles. The van der Waals surface area contributed by atoms with Gasteiger partial charge in [0.15, 0.2) is 0 Å². The highest BCUT2D eigenvalue weighted by Crippen LogP contribution is 2.28. The molecule has 1 N–H and O–H groups in total. The van der Waals surface area contributed by atoms with Gasteiger partial charge in [0.05, 0.1) is 19.8 Å². The van der Waals surface area contributed by atoms with Crippen LogP contribution in [0, 0.1) is 12.8 Å². The zero-order valence-electron chi connectivity index (χ0n) is 12.4. The molecule has 0 aliphatic rings. The van der Waals surface area contributed by atoms with E-state index in [1.807, 2.05) is 13.0 Å². The third-order valence-electron chi connectivity index (χ3n) is 2.97. The normalized spacial score (nSPS) is 10.4. The van der Waals surface area contributed by atoms with E-state index in [1.165, 1.54) is 0 Å². The fraction of sp³-hybridized carbons (Fsp3) is 0.533. The molecule has 1 aromatic rings. The maximum atomic E-state index is 12.1. The molecule has 0 spiro atoms. The smallest absolute Gasteiger partial charge is 0.255 e. The Morgan fingerprint density at radius 2 is 1.84 bits per heavy atom.